The zero-order chi connectivity index (χ0) is 17.8. The fourth-order valence-electron chi connectivity index (χ4n) is 2.28. The Morgan fingerprint density at radius 2 is 1.17 bits per heavy atom. The average Bonchev–Trinajstić information content (AvgIpc) is 3.11. The molecule has 0 aliphatic heterocycles. The highest BCUT2D eigenvalue weighted by Crippen LogP contribution is 2.25. The van der Waals surface area contributed by atoms with Crippen LogP contribution in [-0.2, 0) is 0 Å². The number of fused-ring (bicyclic) bond motifs is 2. The summed E-state index contributed by atoms with van der Waals surface area (Å²) in [5.41, 5.74) is -3.71. The fourth-order valence-corrected chi connectivity index (χ4v) is 2.28. The van der Waals surface area contributed by atoms with Gasteiger partial charge in [0.2, 0.25) is 11.0 Å². The zero-order valence-corrected chi connectivity index (χ0v) is 11.9. The van der Waals surface area contributed by atoms with E-state index in [0.717, 1.165) is 14.2 Å². The van der Waals surface area contributed by atoms with Crippen LogP contribution in [0.1, 0.15) is 0 Å². The summed E-state index contributed by atoms with van der Waals surface area (Å²) < 4.78 is 10.5. The predicted molar refractivity (Wildman–Crippen MR) is 74.1 cm³/mol. The summed E-state index contributed by atoms with van der Waals surface area (Å²) in [5, 5.41) is 22.2. The molecule has 3 aromatic rings. The van der Waals surface area contributed by atoms with Gasteiger partial charge in [0.25, 0.3) is 11.1 Å². The predicted octanol–water partition coefficient (Wildman–Crippen LogP) is -1.03. The third-order valence-corrected chi connectivity index (χ3v) is 3.18. The molecule has 24 heavy (non-hydrogen) atoms. The molecule has 0 saturated carbocycles. The number of methoxy groups -OCH3 is 2. The highest BCUT2D eigenvalue weighted by atomic mass is 16.6. The van der Waals surface area contributed by atoms with Crippen LogP contribution >= 0.6 is 0 Å². The van der Waals surface area contributed by atoms with Crippen LogP contribution in [0.15, 0.2) is 9.59 Å². The summed E-state index contributed by atoms with van der Waals surface area (Å²) in [7, 11) is 2.13. The molecular formula is C10H6N6O8. The minimum Gasteiger partial charge on any atom is -0.449 e. The molecule has 3 aromatic heterocycles. The van der Waals surface area contributed by atoms with Gasteiger partial charge in [-0.05, 0) is 9.85 Å². The van der Waals surface area contributed by atoms with Crippen molar-refractivity contribution in [2.75, 3.05) is 14.2 Å². The summed E-state index contributed by atoms with van der Waals surface area (Å²) in [6.07, 6.45) is 0. The molecule has 0 amide bonds. The van der Waals surface area contributed by atoms with Crippen LogP contribution in [0.25, 0.3) is 11.0 Å². The maximum atomic E-state index is 12.6. The Kier molecular flexibility index (Phi) is 3.03. The Hall–Kier alpha value is -3.84. The van der Waals surface area contributed by atoms with E-state index in [1.165, 1.54) is 0 Å². The molecule has 3 rings (SSSR count). The maximum Gasteiger partial charge on any atom is 0.421 e. The molecule has 0 radical (unpaired) electrons. The van der Waals surface area contributed by atoms with Gasteiger partial charge in [-0.2, -0.15) is 8.80 Å². The molecular weight excluding hydrogens is 332 g/mol. The maximum absolute atomic E-state index is 12.6. The van der Waals surface area contributed by atoms with E-state index in [2.05, 4.69) is 9.97 Å². The molecule has 0 aliphatic carbocycles. The molecule has 3 heterocycles. The van der Waals surface area contributed by atoms with E-state index in [1.807, 2.05) is 0 Å². The molecule has 0 aliphatic rings. The van der Waals surface area contributed by atoms with Gasteiger partial charge in [-0.1, -0.05) is 0 Å². The lowest BCUT2D eigenvalue weighted by atomic mass is 10.4. The number of nitro groups is 2. The number of imidazole rings is 2. The first-order chi connectivity index (χ1) is 11.3. The van der Waals surface area contributed by atoms with Crippen LogP contribution in [-0.4, -0.2) is 42.8 Å². The van der Waals surface area contributed by atoms with Crippen molar-refractivity contribution in [1.29, 1.82) is 0 Å². The molecule has 124 valence electrons. The molecule has 0 aromatic carbocycles. The number of ether oxygens (including phenoxy) is 2. The fraction of sp³-hybridized carbons (Fsp3) is 0.200. The number of rotatable bonds is 4. The second kappa shape index (κ2) is 4.83. The summed E-state index contributed by atoms with van der Waals surface area (Å²) in [5.74, 6) is -1.87. The van der Waals surface area contributed by atoms with Gasteiger partial charge in [0.15, 0.2) is 0 Å². The van der Waals surface area contributed by atoms with Gasteiger partial charge in [-0.25, -0.2) is 0 Å². The van der Waals surface area contributed by atoms with Crippen molar-refractivity contribution in [3.05, 3.63) is 40.9 Å². The first-order valence-corrected chi connectivity index (χ1v) is 6.05. The zero-order valence-electron chi connectivity index (χ0n) is 11.9. The Morgan fingerprint density at radius 3 is 1.42 bits per heavy atom. The van der Waals surface area contributed by atoms with Crippen molar-refractivity contribution in [3.8, 4) is 12.0 Å². The third kappa shape index (κ3) is 1.70. The van der Waals surface area contributed by atoms with E-state index in [0.29, 0.717) is 8.80 Å². The highest BCUT2D eigenvalue weighted by Gasteiger charge is 2.36. The van der Waals surface area contributed by atoms with Gasteiger partial charge >= 0.3 is 23.7 Å². The van der Waals surface area contributed by atoms with Crippen molar-refractivity contribution in [2.24, 2.45) is 0 Å². The van der Waals surface area contributed by atoms with Crippen molar-refractivity contribution >= 4 is 22.7 Å². The summed E-state index contributed by atoms with van der Waals surface area (Å²) in [6.45, 7) is 0. The number of hydrogen-bond donors (Lipinski definition) is 0. The smallest absolute Gasteiger partial charge is 0.421 e. The van der Waals surface area contributed by atoms with E-state index < -0.39 is 55.7 Å². The largest absolute Gasteiger partial charge is 0.449 e. The van der Waals surface area contributed by atoms with Crippen LogP contribution in [0.4, 0.5) is 11.6 Å². The number of nitrogens with zero attached hydrogens (tertiary/aromatic N) is 6. The van der Waals surface area contributed by atoms with E-state index >= 15 is 0 Å². The van der Waals surface area contributed by atoms with E-state index in [9.17, 15) is 29.8 Å². The first kappa shape index (κ1) is 15.1. The standard InChI is InChI=1S/C10H6N6O8/c1-23-9-11-5(15(19)20)3-8(18)14-4(7(17)13(3)9)6(16(21)22)12-10(14)24-2/h1-2H3. The lowest BCUT2D eigenvalue weighted by Gasteiger charge is -1.97. The van der Waals surface area contributed by atoms with Crippen LogP contribution in [0.5, 0.6) is 12.0 Å². The van der Waals surface area contributed by atoms with Crippen molar-refractivity contribution in [3.63, 3.8) is 0 Å². The lowest BCUT2D eigenvalue weighted by molar-refractivity contribution is -0.387. The topological polar surface area (TPSA) is 173 Å². The highest BCUT2D eigenvalue weighted by molar-refractivity contribution is 5.70. The molecule has 0 atom stereocenters. The summed E-state index contributed by atoms with van der Waals surface area (Å²) in [4.78, 5) is 52.3. The van der Waals surface area contributed by atoms with Crippen LogP contribution < -0.4 is 20.6 Å². The summed E-state index contributed by atoms with van der Waals surface area (Å²) >= 11 is 0. The second-order valence-electron chi connectivity index (χ2n) is 4.34. The van der Waals surface area contributed by atoms with Crippen LogP contribution in [0.3, 0.4) is 0 Å². The molecule has 0 spiro atoms. The Labute approximate surface area is 129 Å². The molecule has 14 nitrogen and oxygen atoms in total. The van der Waals surface area contributed by atoms with Crippen LogP contribution in [0, 0.1) is 20.2 Å². The Balaban J connectivity index is 2.72. The number of aromatic nitrogens is 4. The first-order valence-electron chi connectivity index (χ1n) is 6.05. The van der Waals surface area contributed by atoms with E-state index in [4.69, 9.17) is 9.47 Å². The van der Waals surface area contributed by atoms with Gasteiger partial charge in [-0.15, -0.1) is 0 Å². The summed E-state index contributed by atoms with van der Waals surface area (Å²) in [6, 6.07) is -1.12. The lowest BCUT2D eigenvalue weighted by Crippen LogP contribution is -2.27. The quantitative estimate of drug-likeness (QED) is 0.422. The van der Waals surface area contributed by atoms with Gasteiger partial charge in [0.05, 0.1) is 14.2 Å². The van der Waals surface area contributed by atoms with E-state index in [1.54, 1.807) is 0 Å². The normalized spacial score (nSPS) is 11.1. The Morgan fingerprint density at radius 1 is 0.833 bits per heavy atom. The molecule has 0 saturated heterocycles. The monoisotopic (exact) mass is 338 g/mol. The van der Waals surface area contributed by atoms with Crippen molar-refractivity contribution in [1.82, 2.24) is 18.8 Å². The third-order valence-electron chi connectivity index (χ3n) is 3.18. The Bertz CT molecular complexity index is 1040. The average molecular weight is 338 g/mol. The molecule has 0 N–H and O–H groups in total. The molecule has 0 unspecified atom stereocenters. The molecule has 0 fully saturated rings. The minimum absolute atomic E-state index is 0.490. The van der Waals surface area contributed by atoms with Crippen LogP contribution in [0.2, 0.25) is 0 Å². The second-order valence-corrected chi connectivity index (χ2v) is 4.34. The molecule has 14 heteroatoms. The van der Waals surface area contributed by atoms with Gasteiger partial charge in [0.1, 0.15) is 0 Å². The van der Waals surface area contributed by atoms with Gasteiger partial charge in [-0.3, -0.25) is 9.59 Å². The number of hydrogen-bond acceptors (Lipinski definition) is 10. The van der Waals surface area contributed by atoms with Crippen molar-refractivity contribution < 1.29 is 19.3 Å². The minimum atomic E-state index is -1.13. The van der Waals surface area contributed by atoms with Gasteiger partial charge in [0, 0.05) is 9.97 Å². The van der Waals surface area contributed by atoms with E-state index in [-0.39, 0.29) is 0 Å². The van der Waals surface area contributed by atoms with Crippen molar-refractivity contribution in [2.45, 2.75) is 0 Å². The van der Waals surface area contributed by atoms with Gasteiger partial charge < -0.3 is 29.7 Å². The molecule has 0 bridgehead atoms. The SMILES string of the molecule is COc1nc([N+](=O)[O-])c2c(=O)n3c(OC)nc([N+](=O)[O-])c3c(=O)n12.